The Labute approximate surface area is 160 Å². The van der Waals surface area contributed by atoms with Gasteiger partial charge >= 0.3 is 0 Å². The number of nitrogens with zero attached hydrogens (tertiary/aromatic N) is 2. The second-order valence-corrected chi connectivity index (χ2v) is 6.57. The summed E-state index contributed by atoms with van der Waals surface area (Å²) >= 11 is 12.3. The van der Waals surface area contributed by atoms with Gasteiger partial charge in [-0.2, -0.15) is 4.99 Å². The minimum Gasteiger partial charge on any atom is -0.497 e. The molecule has 0 aliphatic carbocycles. The number of aliphatic imine (C=N–C) groups is 1. The lowest BCUT2D eigenvalue weighted by molar-refractivity contribution is 0.415. The van der Waals surface area contributed by atoms with E-state index in [-0.39, 0.29) is 0 Å². The molecule has 2 heterocycles. The molecule has 0 fully saturated rings. The summed E-state index contributed by atoms with van der Waals surface area (Å²) < 4.78 is 10.7. The van der Waals surface area contributed by atoms with E-state index < -0.39 is 6.17 Å². The van der Waals surface area contributed by atoms with Crippen LogP contribution < -0.4 is 15.4 Å². The first-order valence-corrected chi connectivity index (χ1v) is 8.64. The molecule has 2 aromatic carbocycles. The Morgan fingerprint density at radius 3 is 2.54 bits per heavy atom. The second-order valence-electron chi connectivity index (χ2n) is 5.76. The first-order chi connectivity index (χ1) is 12.6. The van der Waals surface area contributed by atoms with E-state index in [2.05, 4.69) is 4.99 Å². The van der Waals surface area contributed by atoms with Gasteiger partial charge in [-0.25, -0.2) is 0 Å². The maximum absolute atomic E-state index is 6.53. The van der Waals surface area contributed by atoms with Crippen molar-refractivity contribution in [2.45, 2.75) is 6.17 Å². The zero-order valence-corrected chi connectivity index (χ0v) is 15.3. The quantitative estimate of drug-likeness (QED) is 0.674. The monoisotopic (exact) mass is 387 g/mol. The molecule has 26 heavy (non-hydrogen) atoms. The molecule has 0 saturated carbocycles. The van der Waals surface area contributed by atoms with Crippen molar-refractivity contribution in [3.63, 3.8) is 0 Å². The largest absolute Gasteiger partial charge is 0.497 e. The van der Waals surface area contributed by atoms with Crippen LogP contribution >= 0.6 is 23.2 Å². The van der Waals surface area contributed by atoms with Crippen molar-refractivity contribution in [1.82, 2.24) is 0 Å². The van der Waals surface area contributed by atoms with E-state index in [0.29, 0.717) is 21.8 Å². The van der Waals surface area contributed by atoms with Crippen LogP contribution in [0.1, 0.15) is 17.3 Å². The summed E-state index contributed by atoms with van der Waals surface area (Å²) in [6.45, 7) is 0. The summed E-state index contributed by atoms with van der Waals surface area (Å²) in [6.07, 6.45) is 1.12. The summed E-state index contributed by atoms with van der Waals surface area (Å²) in [5, 5.41) is 0.922. The minimum absolute atomic E-state index is 0.445. The maximum Gasteiger partial charge on any atom is 0.227 e. The van der Waals surface area contributed by atoms with Gasteiger partial charge in [0.15, 0.2) is 0 Å². The zero-order chi connectivity index (χ0) is 18.3. The molecular formula is C19H15Cl2N3O2. The number of rotatable bonds is 3. The van der Waals surface area contributed by atoms with Crippen LogP contribution in [0.4, 0.5) is 11.6 Å². The van der Waals surface area contributed by atoms with E-state index in [1.165, 1.54) is 0 Å². The summed E-state index contributed by atoms with van der Waals surface area (Å²) in [7, 11) is 1.63. The number of anilines is 1. The first-order valence-electron chi connectivity index (χ1n) is 7.89. The predicted molar refractivity (Wildman–Crippen MR) is 104 cm³/mol. The van der Waals surface area contributed by atoms with Crippen molar-refractivity contribution in [2.75, 3.05) is 12.0 Å². The fourth-order valence-electron chi connectivity index (χ4n) is 2.91. The average Bonchev–Trinajstić information content (AvgIpc) is 3.13. The molecule has 2 N–H and O–H groups in total. The van der Waals surface area contributed by atoms with Crippen LogP contribution in [0.3, 0.4) is 0 Å². The van der Waals surface area contributed by atoms with Gasteiger partial charge in [-0.1, -0.05) is 23.2 Å². The fourth-order valence-corrected chi connectivity index (χ4v) is 3.21. The molecule has 0 saturated heterocycles. The van der Waals surface area contributed by atoms with Crippen molar-refractivity contribution in [2.24, 2.45) is 10.7 Å². The first kappa shape index (κ1) is 17.0. The van der Waals surface area contributed by atoms with E-state index in [1.54, 1.807) is 25.5 Å². The van der Waals surface area contributed by atoms with Crippen LogP contribution in [0.5, 0.6) is 5.75 Å². The van der Waals surface area contributed by atoms with Gasteiger partial charge < -0.3 is 19.8 Å². The number of benzene rings is 2. The molecule has 7 heteroatoms. The molecule has 0 bridgehead atoms. The van der Waals surface area contributed by atoms with Gasteiger partial charge in [-0.05, 0) is 48.5 Å². The van der Waals surface area contributed by atoms with Crippen LogP contribution in [-0.4, -0.2) is 12.9 Å². The summed E-state index contributed by atoms with van der Waals surface area (Å²) in [4.78, 5) is 6.59. The summed E-state index contributed by atoms with van der Waals surface area (Å²) in [5.41, 5.74) is 8.99. The number of fused-ring (bicyclic) bond motifs is 1. The molecule has 1 aliphatic rings. The minimum atomic E-state index is -0.459. The fraction of sp³-hybridized carbons (Fsp3) is 0.105. The standard InChI is InChI=1S/C19H15Cl2N3O2/c1-25-13-5-3-12(4-6-13)24-17(22)14-8-9-26-19(14)23-18(24)11-2-7-15(20)16(21)10-11/h2-10,17H,22H2,1H3. The molecular weight excluding hydrogens is 373 g/mol. The van der Waals surface area contributed by atoms with E-state index in [9.17, 15) is 0 Å². The van der Waals surface area contributed by atoms with E-state index in [1.807, 2.05) is 41.3 Å². The van der Waals surface area contributed by atoms with Gasteiger partial charge in [0, 0.05) is 11.3 Å². The number of amidine groups is 1. The third kappa shape index (κ3) is 2.84. The van der Waals surface area contributed by atoms with Crippen LogP contribution in [0.25, 0.3) is 0 Å². The molecule has 5 nitrogen and oxygen atoms in total. The van der Waals surface area contributed by atoms with Gasteiger partial charge in [0.25, 0.3) is 0 Å². The highest BCUT2D eigenvalue weighted by Gasteiger charge is 2.31. The lowest BCUT2D eigenvalue weighted by Gasteiger charge is -2.34. The molecule has 4 rings (SSSR count). The SMILES string of the molecule is COc1ccc(N2C(c3ccc(Cl)c(Cl)c3)=Nc3occc3C2N)cc1. The molecule has 1 atom stereocenters. The van der Waals surface area contributed by atoms with Gasteiger partial charge in [-0.15, -0.1) is 0 Å². The zero-order valence-electron chi connectivity index (χ0n) is 13.8. The Balaban J connectivity index is 1.87. The van der Waals surface area contributed by atoms with Gasteiger partial charge in [0.2, 0.25) is 5.88 Å². The van der Waals surface area contributed by atoms with Crippen LogP contribution in [-0.2, 0) is 0 Å². The van der Waals surface area contributed by atoms with Crippen molar-refractivity contribution in [3.8, 4) is 5.75 Å². The molecule has 1 unspecified atom stereocenters. The van der Waals surface area contributed by atoms with Crippen LogP contribution in [0, 0.1) is 0 Å². The lowest BCUT2D eigenvalue weighted by Crippen LogP contribution is -2.41. The maximum atomic E-state index is 6.53. The average molecular weight is 388 g/mol. The Bertz CT molecular complexity index is 983. The Morgan fingerprint density at radius 1 is 1.08 bits per heavy atom. The number of halogens is 2. The van der Waals surface area contributed by atoms with Gasteiger partial charge in [-0.3, -0.25) is 0 Å². The molecule has 0 radical (unpaired) electrons. The van der Waals surface area contributed by atoms with Gasteiger partial charge in [0.1, 0.15) is 17.8 Å². The Kier molecular flexibility index (Phi) is 4.36. The molecule has 0 amide bonds. The van der Waals surface area contributed by atoms with Crippen molar-refractivity contribution < 1.29 is 9.15 Å². The third-order valence-electron chi connectivity index (χ3n) is 4.24. The van der Waals surface area contributed by atoms with Crippen LogP contribution in [0.15, 0.2) is 64.2 Å². The Morgan fingerprint density at radius 2 is 1.85 bits per heavy atom. The molecule has 3 aromatic rings. The number of nitrogens with two attached hydrogens (primary N) is 1. The summed E-state index contributed by atoms with van der Waals surface area (Å²) in [5.74, 6) is 1.88. The topological polar surface area (TPSA) is 64.0 Å². The highest BCUT2D eigenvalue weighted by molar-refractivity contribution is 6.42. The number of furan rings is 1. The molecule has 1 aromatic heterocycles. The predicted octanol–water partition coefficient (Wildman–Crippen LogP) is 5.15. The highest BCUT2D eigenvalue weighted by Crippen LogP contribution is 2.38. The highest BCUT2D eigenvalue weighted by atomic mass is 35.5. The number of hydrogen-bond acceptors (Lipinski definition) is 5. The van der Waals surface area contributed by atoms with E-state index in [0.717, 1.165) is 22.6 Å². The van der Waals surface area contributed by atoms with Crippen molar-refractivity contribution >= 4 is 40.6 Å². The number of ether oxygens (including phenoxy) is 1. The Hall–Kier alpha value is -2.47. The van der Waals surface area contributed by atoms with Crippen molar-refractivity contribution in [1.29, 1.82) is 0 Å². The molecule has 1 aliphatic heterocycles. The smallest absolute Gasteiger partial charge is 0.227 e. The lowest BCUT2D eigenvalue weighted by atomic mass is 10.1. The van der Waals surface area contributed by atoms with E-state index in [4.69, 9.17) is 38.1 Å². The molecule has 0 spiro atoms. The van der Waals surface area contributed by atoms with Crippen molar-refractivity contribution in [3.05, 3.63) is 76.0 Å². The third-order valence-corrected chi connectivity index (χ3v) is 4.97. The number of hydrogen-bond donors (Lipinski definition) is 1. The normalized spacial score (nSPS) is 16.2. The second kappa shape index (κ2) is 6.68. The van der Waals surface area contributed by atoms with Crippen LogP contribution in [0.2, 0.25) is 10.0 Å². The van der Waals surface area contributed by atoms with E-state index >= 15 is 0 Å². The summed E-state index contributed by atoms with van der Waals surface area (Å²) in [6, 6.07) is 14.8. The number of methoxy groups -OCH3 is 1. The van der Waals surface area contributed by atoms with Gasteiger partial charge in [0.05, 0.1) is 29.0 Å². The molecule has 132 valence electrons.